The molecule has 0 amide bonds. The summed E-state index contributed by atoms with van der Waals surface area (Å²) in [7, 11) is 0. The predicted molar refractivity (Wildman–Crippen MR) is 64.2 cm³/mol. The van der Waals surface area contributed by atoms with Gasteiger partial charge in [-0.3, -0.25) is 0 Å². The molecule has 0 aliphatic rings. The fraction of sp³-hybridized carbons (Fsp3) is 0.714. The van der Waals surface area contributed by atoms with Crippen LogP contribution in [0.5, 0.6) is 0 Å². The first-order valence-corrected chi connectivity index (χ1v) is 5.61. The molecule has 0 bridgehead atoms. The number of hydrogen-bond acceptors (Lipinski definition) is 0. The molecule has 0 aliphatic carbocycles. The lowest BCUT2D eigenvalue weighted by molar-refractivity contribution is 0.352. The lowest BCUT2D eigenvalue weighted by atomic mass is 9.86. The minimum absolute atomic E-state index is 0.625. The zero-order valence-corrected chi connectivity index (χ0v) is 10.5. The Labute approximate surface area is 89.4 Å². The highest BCUT2D eigenvalue weighted by molar-refractivity contribution is 5.02. The highest BCUT2D eigenvalue weighted by atomic mass is 14.2. The van der Waals surface area contributed by atoms with Crippen molar-refractivity contribution in [3.05, 3.63) is 23.1 Å². The van der Waals surface area contributed by atoms with E-state index in [-0.39, 0.29) is 0 Å². The van der Waals surface area contributed by atoms with E-state index in [1.807, 2.05) is 13.0 Å². The van der Waals surface area contributed by atoms with Gasteiger partial charge in [0.05, 0.1) is 0 Å². The molecule has 0 radical (unpaired) electrons. The van der Waals surface area contributed by atoms with Crippen LogP contribution in [0, 0.1) is 17.8 Å². The van der Waals surface area contributed by atoms with Crippen LogP contribution >= 0.6 is 0 Å². The number of allylic oxidation sites excluding steroid dienone is 2. The van der Waals surface area contributed by atoms with E-state index >= 15 is 0 Å². The normalized spacial score (nSPS) is 14.2. The third-order valence-corrected chi connectivity index (χ3v) is 3.02. The van der Waals surface area contributed by atoms with E-state index in [9.17, 15) is 0 Å². The van der Waals surface area contributed by atoms with Gasteiger partial charge in [0.15, 0.2) is 0 Å². The molecule has 0 aromatic carbocycles. The molecule has 0 saturated carbocycles. The molecule has 0 rings (SSSR count). The van der Waals surface area contributed by atoms with Crippen LogP contribution in [0.2, 0.25) is 0 Å². The lowest BCUT2D eigenvalue weighted by Gasteiger charge is -2.19. The Morgan fingerprint density at radius 2 is 1.79 bits per heavy atom. The molecule has 0 N–H and O–H groups in total. The third kappa shape index (κ3) is 5.12. The van der Waals surface area contributed by atoms with E-state index in [0.717, 1.165) is 11.8 Å². The van der Waals surface area contributed by atoms with E-state index in [2.05, 4.69) is 46.1 Å². The summed E-state index contributed by atoms with van der Waals surface area (Å²) >= 11 is 0. The Hall–Kier alpha value is -0.700. The molecule has 0 aliphatic heterocycles. The van der Waals surface area contributed by atoms with Crippen LogP contribution in [0.25, 0.3) is 0 Å². The van der Waals surface area contributed by atoms with Gasteiger partial charge < -0.3 is 0 Å². The monoisotopic (exact) mass is 192 g/mol. The summed E-state index contributed by atoms with van der Waals surface area (Å²) in [6.45, 7) is 13.3. The quantitative estimate of drug-likeness (QED) is 0.572. The van der Waals surface area contributed by atoms with Gasteiger partial charge in [0.2, 0.25) is 0 Å². The first-order valence-electron chi connectivity index (χ1n) is 5.61. The Balaban J connectivity index is 4.36. The second-order valence-electron chi connectivity index (χ2n) is 4.60. The smallest absolute Gasteiger partial charge is 0.0149 e. The van der Waals surface area contributed by atoms with Gasteiger partial charge in [-0.1, -0.05) is 39.2 Å². The Kier molecular flexibility index (Phi) is 6.37. The summed E-state index contributed by atoms with van der Waals surface area (Å²) in [5, 5.41) is 0. The van der Waals surface area contributed by atoms with Crippen molar-refractivity contribution < 1.29 is 0 Å². The second-order valence-corrected chi connectivity index (χ2v) is 4.60. The van der Waals surface area contributed by atoms with Crippen molar-refractivity contribution in [2.24, 2.45) is 17.8 Å². The maximum Gasteiger partial charge on any atom is -0.0149 e. The minimum atomic E-state index is 0.625. The first-order chi connectivity index (χ1) is 6.49. The van der Waals surface area contributed by atoms with E-state index in [4.69, 9.17) is 0 Å². The molecular formula is C14H24. The summed E-state index contributed by atoms with van der Waals surface area (Å²) in [5.41, 5.74) is 7.52. The van der Waals surface area contributed by atoms with E-state index in [0.29, 0.717) is 5.92 Å². The first kappa shape index (κ1) is 13.3. The molecule has 2 atom stereocenters. The fourth-order valence-electron chi connectivity index (χ4n) is 1.32. The summed E-state index contributed by atoms with van der Waals surface area (Å²) < 4.78 is 0. The molecule has 0 fully saturated rings. The topological polar surface area (TPSA) is 0 Å². The number of hydrogen-bond donors (Lipinski definition) is 0. The van der Waals surface area contributed by atoms with E-state index in [1.165, 1.54) is 12.0 Å². The summed E-state index contributed by atoms with van der Waals surface area (Å²) in [5.74, 6) is 2.18. The van der Waals surface area contributed by atoms with Crippen LogP contribution < -0.4 is 0 Å². The van der Waals surface area contributed by atoms with Gasteiger partial charge >= 0.3 is 0 Å². The van der Waals surface area contributed by atoms with Gasteiger partial charge in [0, 0.05) is 0 Å². The highest BCUT2D eigenvalue weighted by Crippen LogP contribution is 2.23. The van der Waals surface area contributed by atoms with Crippen LogP contribution in [0.4, 0.5) is 0 Å². The molecule has 14 heavy (non-hydrogen) atoms. The Bertz CT molecular complexity index is 245. The van der Waals surface area contributed by atoms with Gasteiger partial charge in [-0.15, -0.1) is 0 Å². The minimum Gasteiger partial charge on any atom is -0.0750 e. The van der Waals surface area contributed by atoms with Gasteiger partial charge in [-0.05, 0) is 49.7 Å². The largest absolute Gasteiger partial charge is 0.0750 e. The molecule has 0 heteroatoms. The van der Waals surface area contributed by atoms with Crippen LogP contribution in [-0.4, -0.2) is 0 Å². The maximum absolute atomic E-state index is 3.19. The van der Waals surface area contributed by atoms with E-state index < -0.39 is 0 Å². The maximum atomic E-state index is 3.19. The lowest BCUT2D eigenvalue weighted by Crippen LogP contribution is -2.09. The van der Waals surface area contributed by atoms with Gasteiger partial charge in [-0.25, -0.2) is 0 Å². The summed E-state index contributed by atoms with van der Waals surface area (Å²) in [4.78, 5) is 0. The second kappa shape index (κ2) is 6.71. The zero-order chi connectivity index (χ0) is 11.1. The predicted octanol–water partition coefficient (Wildman–Crippen LogP) is 4.58. The van der Waals surface area contributed by atoms with E-state index in [1.54, 1.807) is 0 Å². The van der Waals surface area contributed by atoms with Gasteiger partial charge in [0.25, 0.3) is 0 Å². The molecule has 0 saturated heterocycles. The molecule has 2 unspecified atom stereocenters. The molecule has 0 aromatic rings. The Morgan fingerprint density at radius 3 is 2.21 bits per heavy atom. The van der Waals surface area contributed by atoms with Crippen molar-refractivity contribution in [3.8, 4) is 0 Å². The SMILES string of the molecule is CC=C=C=C(C)C(C)CC(C)C(C)C. The van der Waals surface area contributed by atoms with Crippen LogP contribution in [0.1, 0.15) is 48.0 Å². The van der Waals surface area contributed by atoms with Crippen molar-refractivity contribution in [1.29, 1.82) is 0 Å². The average Bonchev–Trinajstić information content (AvgIpc) is 2.13. The van der Waals surface area contributed by atoms with Crippen LogP contribution in [0.3, 0.4) is 0 Å². The summed E-state index contributed by atoms with van der Waals surface area (Å²) in [6.07, 6.45) is 3.16. The molecule has 0 heterocycles. The van der Waals surface area contributed by atoms with Gasteiger partial charge in [-0.2, -0.15) is 0 Å². The molecule has 0 aromatic heterocycles. The molecular weight excluding hydrogens is 168 g/mol. The van der Waals surface area contributed by atoms with Crippen molar-refractivity contribution in [2.45, 2.75) is 48.0 Å². The highest BCUT2D eigenvalue weighted by Gasteiger charge is 2.12. The van der Waals surface area contributed by atoms with Gasteiger partial charge in [0.1, 0.15) is 0 Å². The average molecular weight is 192 g/mol. The molecule has 0 spiro atoms. The third-order valence-electron chi connectivity index (χ3n) is 3.02. The molecule has 80 valence electrons. The van der Waals surface area contributed by atoms with Crippen LogP contribution in [0.15, 0.2) is 23.1 Å². The fourth-order valence-corrected chi connectivity index (χ4v) is 1.32. The van der Waals surface area contributed by atoms with Crippen molar-refractivity contribution in [1.82, 2.24) is 0 Å². The molecule has 0 nitrogen and oxygen atoms in total. The van der Waals surface area contributed by atoms with Crippen molar-refractivity contribution in [3.63, 3.8) is 0 Å². The van der Waals surface area contributed by atoms with Crippen LogP contribution in [-0.2, 0) is 0 Å². The standard InChI is InChI=1S/C14H24/c1-7-8-9-12(4)14(6)10-13(5)11(2)3/h7,11,13-14H,10H2,1-6H3. The van der Waals surface area contributed by atoms with Crippen molar-refractivity contribution >= 4 is 0 Å². The summed E-state index contributed by atoms with van der Waals surface area (Å²) in [6, 6.07) is 0. The van der Waals surface area contributed by atoms with Crippen molar-refractivity contribution in [2.75, 3.05) is 0 Å². The zero-order valence-electron chi connectivity index (χ0n) is 10.5. The Morgan fingerprint density at radius 1 is 1.21 bits per heavy atom. The number of rotatable bonds is 4.